The summed E-state index contributed by atoms with van der Waals surface area (Å²) in [4.78, 5) is 7.94. The summed E-state index contributed by atoms with van der Waals surface area (Å²) < 4.78 is 26.2. The van der Waals surface area contributed by atoms with Crippen LogP contribution in [0.5, 0.6) is 0 Å². The molecule has 0 saturated carbocycles. The van der Waals surface area contributed by atoms with E-state index in [9.17, 15) is 8.78 Å². The Morgan fingerprint density at radius 3 is 2.63 bits per heavy atom. The molecule has 2 aromatic rings. The average Bonchev–Trinajstić information content (AvgIpc) is 2.40. The van der Waals surface area contributed by atoms with Crippen LogP contribution >= 0.6 is 0 Å². The van der Waals surface area contributed by atoms with Crippen molar-refractivity contribution in [3.8, 4) is 0 Å². The van der Waals surface area contributed by atoms with E-state index in [0.717, 1.165) is 6.07 Å². The van der Waals surface area contributed by atoms with E-state index in [4.69, 9.17) is 5.73 Å². The van der Waals surface area contributed by atoms with Gasteiger partial charge in [-0.15, -0.1) is 0 Å². The molecular formula is C12H13F2N5. The Morgan fingerprint density at radius 2 is 1.89 bits per heavy atom. The van der Waals surface area contributed by atoms with Gasteiger partial charge in [-0.1, -0.05) is 0 Å². The Hall–Kier alpha value is -2.28. The van der Waals surface area contributed by atoms with Crippen molar-refractivity contribution in [2.75, 3.05) is 23.7 Å². The van der Waals surface area contributed by atoms with Crippen molar-refractivity contribution in [2.45, 2.75) is 0 Å². The van der Waals surface area contributed by atoms with Crippen molar-refractivity contribution in [1.29, 1.82) is 0 Å². The largest absolute Gasteiger partial charge is 0.369 e. The number of nitrogens with one attached hydrogen (secondary N) is 2. The van der Waals surface area contributed by atoms with Gasteiger partial charge in [0.25, 0.3) is 0 Å². The summed E-state index contributed by atoms with van der Waals surface area (Å²) in [6, 6.07) is 4.88. The second-order valence-electron chi connectivity index (χ2n) is 3.75. The van der Waals surface area contributed by atoms with E-state index in [-0.39, 0.29) is 5.69 Å². The number of halogens is 2. The van der Waals surface area contributed by atoms with E-state index < -0.39 is 11.6 Å². The number of nitrogens with zero attached hydrogens (tertiary/aromatic N) is 2. The van der Waals surface area contributed by atoms with Crippen molar-refractivity contribution in [2.24, 2.45) is 5.73 Å². The highest BCUT2D eigenvalue weighted by Gasteiger charge is 2.05. The molecule has 1 heterocycles. The number of rotatable bonds is 5. The molecule has 0 atom stereocenters. The minimum atomic E-state index is -0.685. The summed E-state index contributed by atoms with van der Waals surface area (Å²) in [7, 11) is 0. The van der Waals surface area contributed by atoms with Gasteiger partial charge in [0.2, 0.25) is 0 Å². The Bertz CT molecular complexity index is 562. The number of benzene rings is 1. The topological polar surface area (TPSA) is 75.9 Å². The Labute approximate surface area is 108 Å². The van der Waals surface area contributed by atoms with Crippen LogP contribution in [0.4, 0.5) is 26.1 Å². The third kappa shape index (κ3) is 3.59. The van der Waals surface area contributed by atoms with Gasteiger partial charge in [-0.25, -0.2) is 18.7 Å². The molecule has 5 nitrogen and oxygen atoms in total. The molecule has 4 N–H and O–H groups in total. The predicted molar refractivity (Wildman–Crippen MR) is 69.2 cm³/mol. The van der Waals surface area contributed by atoms with Gasteiger partial charge in [0.1, 0.15) is 29.6 Å². The summed E-state index contributed by atoms with van der Waals surface area (Å²) in [6.45, 7) is 1.04. The molecular weight excluding hydrogens is 252 g/mol. The summed E-state index contributed by atoms with van der Waals surface area (Å²) in [5.74, 6) is -0.336. The summed E-state index contributed by atoms with van der Waals surface area (Å²) in [6.07, 6.45) is 1.34. The van der Waals surface area contributed by atoms with Crippen LogP contribution in [0.25, 0.3) is 0 Å². The van der Waals surface area contributed by atoms with Gasteiger partial charge in [-0.05, 0) is 12.1 Å². The van der Waals surface area contributed by atoms with Gasteiger partial charge in [0.15, 0.2) is 0 Å². The molecule has 100 valence electrons. The van der Waals surface area contributed by atoms with Crippen LogP contribution in [0.15, 0.2) is 30.6 Å². The highest BCUT2D eigenvalue weighted by molar-refractivity contribution is 5.59. The van der Waals surface area contributed by atoms with Crippen molar-refractivity contribution < 1.29 is 8.78 Å². The molecule has 0 spiro atoms. The maximum Gasteiger partial charge on any atom is 0.149 e. The number of nitrogens with two attached hydrogens (primary N) is 1. The lowest BCUT2D eigenvalue weighted by Gasteiger charge is -2.08. The zero-order chi connectivity index (χ0) is 13.7. The monoisotopic (exact) mass is 265 g/mol. The van der Waals surface area contributed by atoms with Gasteiger partial charge < -0.3 is 16.4 Å². The van der Waals surface area contributed by atoms with E-state index in [2.05, 4.69) is 20.6 Å². The fraction of sp³-hybridized carbons (Fsp3) is 0.167. The standard InChI is InChI=1S/C12H13F2N5/c13-8-1-2-10(9(14)5-8)19-12-6-11(16-4-3-15)17-7-18-12/h1-2,5-7H,3-4,15H2,(H2,16,17,18,19). The van der Waals surface area contributed by atoms with Crippen LogP contribution in [-0.4, -0.2) is 23.1 Å². The number of anilines is 3. The van der Waals surface area contributed by atoms with Crippen LogP contribution < -0.4 is 16.4 Å². The molecule has 0 radical (unpaired) electrons. The third-order valence-electron chi connectivity index (χ3n) is 2.31. The van der Waals surface area contributed by atoms with E-state index >= 15 is 0 Å². The average molecular weight is 265 g/mol. The highest BCUT2D eigenvalue weighted by atomic mass is 19.1. The van der Waals surface area contributed by atoms with Crippen LogP contribution in [0.1, 0.15) is 0 Å². The number of aromatic nitrogens is 2. The zero-order valence-corrected chi connectivity index (χ0v) is 10.0. The first kappa shape index (κ1) is 13.2. The first-order valence-electron chi connectivity index (χ1n) is 5.67. The van der Waals surface area contributed by atoms with Gasteiger partial charge >= 0.3 is 0 Å². The van der Waals surface area contributed by atoms with E-state index in [1.54, 1.807) is 6.07 Å². The van der Waals surface area contributed by atoms with Gasteiger partial charge in [0.05, 0.1) is 5.69 Å². The SMILES string of the molecule is NCCNc1cc(Nc2ccc(F)cc2F)ncn1. The molecule has 0 aliphatic heterocycles. The van der Waals surface area contributed by atoms with Crippen molar-refractivity contribution in [3.63, 3.8) is 0 Å². The van der Waals surface area contributed by atoms with E-state index in [1.165, 1.54) is 18.5 Å². The summed E-state index contributed by atoms with van der Waals surface area (Å²) >= 11 is 0. The Balaban J connectivity index is 2.14. The lowest BCUT2D eigenvalue weighted by atomic mass is 10.3. The highest BCUT2D eigenvalue weighted by Crippen LogP contribution is 2.20. The summed E-state index contributed by atoms with van der Waals surface area (Å²) in [5, 5.41) is 5.73. The fourth-order valence-corrected chi connectivity index (χ4v) is 1.45. The minimum Gasteiger partial charge on any atom is -0.369 e. The zero-order valence-electron chi connectivity index (χ0n) is 10.0. The van der Waals surface area contributed by atoms with E-state index in [1.807, 2.05) is 0 Å². The Kier molecular flexibility index (Phi) is 4.19. The maximum atomic E-state index is 13.5. The fourth-order valence-electron chi connectivity index (χ4n) is 1.45. The van der Waals surface area contributed by atoms with Gasteiger partial charge in [0, 0.05) is 25.2 Å². The van der Waals surface area contributed by atoms with Gasteiger partial charge in [-0.3, -0.25) is 0 Å². The third-order valence-corrected chi connectivity index (χ3v) is 2.31. The van der Waals surface area contributed by atoms with Crippen molar-refractivity contribution in [1.82, 2.24) is 9.97 Å². The molecule has 0 saturated heterocycles. The van der Waals surface area contributed by atoms with Crippen LogP contribution in [-0.2, 0) is 0 Å². The molecule has 0 fully saturated rings. The molecule has 19 heavy (non-hydrogen) atoms. The normalized spacial score (nSPS) is 10.3. The van der Waals surface area contributed by atoms with Crippen LogP contribution in [0, 0.1) is 11.6 Å². The number of hydrogen-bond acceptors (Lipinski definition) is 5. The number of hydrogen-bond donors (Lipinski definition) is 3. The molecule has 0 bridgehead atoms. The second kappa shape index (κ2) is 6.05. The molecule has 7 heteroatoms. The minimum absolute atomic E-state index is 0.143. The quantitative estimate of drug-likeness (QED) is 0.769. The Morgan fingerprint density at radius 1 is 1.11 bits per heavy atom. The summed E-state index contributed by atoms with van der Waals surface area (Å²) in [5.41, 5.74) is 5.51. The lowest BCUT2D eigenvalue weighted by molar-refractivity contribution is 0.586. The molecule has 1 aromatic heterocycles. The molecule has 0 amide bonds. The maximum absolute atomic E-state index is 13.5. The molecule has 0 unspecified atom stereocenters. The molecule has 0 aliphatic carbocycles. The first-order chi connectivity index (χ1) is 9.19. The molecule has 1 aromatic carbocycles. The van der Waals surface area contributed by atoms with Crippen molar-refractivity contribution in [3.05, 3.63) is 42.2 Å². The predicted octanol–water partition coefficient (Wildman–Crippen LogP) is 1.87. The van der Waals surface area contributed by atoms with Crippen molar-refractivity contribution >= 4 is 17.3 Å². The first-order valence-corrected chi connectivity index (χ1v) is 5.67. The van der Waals surface area contributed by atoms with Crippen LogP contribution in [0.2, 0.25) is 0 Å². The molecule has 2 rings (SSSR count). The van der Waals surface area contributed by atoms with E-state index in [0.29, 0.717) is 24.7 Å². The molecule has 0 aliphatic rings. The smallest absolute Gasteiger partial charge is 0.149 e. The van der Waals surface area contributed by atoms with Crippen LogP contribution in [0.3, 0.4) is 0 Å². The van der Waals surface area contributed by atoms with Gasteiger partial charge in [-0.2, -0.15) is 0 Å². The lowest BCUT2D eigenvalue weighted by Crippen LogP contribution is -2.14. The second-order valence-corrected chi connectivity index (χ2v) is 3.75.